The third kappa shape index (κ3) is 6.73. The minimum absolute atomic E-state index is 0.0270. The number of rotatable bonds is 8. The smallest absolute Gasteiger partial charge is 0.342 e. The van der Waals surface area contributed by atoms with Gasteiger partial charge in [0.1, 0.15) is 6.61 Å². The molecule has 8 nitrogen and oxygen atoms in total. The van der Waals surface area contributed by atoms with E-state index in [4.69, 9.17) is 9.47 Å². The zero-order valence-electron chi connectivity index (χ0n) is 13.6. The maximum Gasteiger partial charge on any atom is 0.342 e. The third-order valence-electron chi connectivity index (χ3n) is 2.27. The molecule has 8 heteroatoms. The summed E-state index contributed by atoms with van der Waals surface area (Å²) in [5.41, 5.74) is -0.863. The molecule has 0 atom stereocenters. The highest BCUT2D eigenvalue weighted by Gasteiger charge is 2.25. The third-order valence-corrected chi connectivity index (χ3v) is 2.27. The summed E-state index contributed by atoms with van der Waals surface area (Å²) in [6, 6.07) is 0. The van der Waals surface area contributed by atoms with Gasteiger partial charge in [0.15, 0.2) is 5.57 Å². The summed E-state index contributed by atoms with van der Waals surface area (Å²) < 4.78 is 14.1. The van der Waals surface area contributed by atoms with Crippen LogP contribution in [-0.2, 0) is 33.4 Å². The molecule has 0 radical (unpaired) electrons. The Kier molecular flexibility index (Phi) is 7.89. The van der Waals surface area contributed by atoms with E-state index in [0.29, 0.717) is 0 Å². The Balaban J connectivity index is 5.72. The molecule has 0 spiro atoms. The van der Waals surface area contributed by atoms with Crippen LogP contribution in [-0.4, -0.2) is 35.6 Å². The van der Waals surface area contributed by atoms with Crippen LogP contribution < -0.4 is 0 Å². The molecule has 130 valence electrons. The van der Waals surface area contributed by atoms with Crippen LogP contribution in [0.3, 0.4) is 0 Å². The van der Waals surface area contributed by atoms with E-state index in [1.165, 1.54) is 20.8 Å². The largest absolute Gasteiger partial charge is 0.478 e. The standard InChI is InChI=1S/C16H18O8/c1-8(2)13(19)22-7-11(12(17)18)16(23-14(20)9(3)4)24-15(21)10(5)6/h1,3,5,7H2,2,4,6H3,(H,17,18). The van der Waals surface area contributed by atoms with Gasteiger partial charge in [-0.15, -0.1) is 0 Å². The van der Waals surface area contributed by atoms with Gasteiger partial charge in [-0.3, -0.25) is 0 Å². The number of hydrogen-bond donors (Lipinski definition) is 1. The Labute approximate surface area is 138 Å². The molecule has 0 aliphatic carbocycles. The molecule has 0 aromatic carbocycles. The first-order valence-corrected chi connectivity index (χ1v) is 6.51. The Morgan fingerprint density at radius 1 is 0.792 bits per heavy atom. The molecule has 0 heterocycles. The maximum atomic E-state index is 11.6. The SMILES string of the molecule is C=C(C)C(=O)OCC(C(=O)O)=C(OC(=O)C(=C)C)OC(=O)C(=C)C. The summed E-state index contributed by atoms with van der Waals surface area (Å²) in [5.74, 6) is -5.47. The first kappa shape index (κ1) is 20.8. The minimum Gasteiger partial charge on any atom is -0.478 e. The van der Waals surface area contributed by atoms with E-state index in [1.807, 2.05) is 0 Å². The summed E-state index contributed by atoms with van der Waals surface area (Å²) in [4.78, 5) is 45.9. The topological polar surface area (TPSA) is 116 Å². The molecule has 0 saturated carbocycles. The van der Waals surface area contributed by atoms with Crippen molar-refractivity contribution < 1.29 is 38.5 Å². The molecule has 0 saturated heterocycles. The number of aliphatic carboxylic acids is 1. The monoisotopic (exact) mass is 338 g/mol. The van der Waals surface area contributed by atoms with Gasteiger partial charge in [0.25, 0.3) is 0 Å². The number of carbonyl (C=O) groups is 4. The number of carboxylic acids is 1. The highest BCUT2D eigenvalue weighted by atomic mass is 16.7. The van der Waals surface area contributed by atoms with E-state index in [1.54, 1.807) is 0 Å². The molecular formula is C16H18O8. The molecule has 0 aromatic rings. The fourth-order valence-electron chi connectivity index (χ4n) is 0.956. The van der Waals surface area contributed by atoms with Crippen molar-refractivity contribution in [1.82, 2.24) is 0 Å². The fourth-order valence-corrected chi connectivity index (χ4v) is 0.956. The van der Waals surface area contributed by atoms with Gasteiger partial charge < -0.3 is 19.3 Å². The second-order valence-corrected chi connectivity index (χ2v) is 4.77. The molecule has 1 N–H and O–H groups in total. The minimum atomic E-state index is -1.62. The predicted octanol–water partition coefficient (Wildman–Crippen LogP) is 1.64. The summed E-state index contributed by atoms with van der Waals surface area (Å²) in [6.07, 6.45) is 0. The van der Waals surface area contributed by atoms with Crippen LogP contribution in [0.1, 0.15) is 20.8 Å². The summed E-state index contributed by atoms with van der Waals surface area (Å²) in [5, 5.41) is 9.20. The van der Waals surface area contributed by atoms with Crippen molar-refractivity contribution in [2.24, 2.45) is 0 Å². The van der Waals surface area contributed by atoms with Crippen LogP contribution in [0.15, 0.2) is 48.0 Å². The van der Waals surface area contributed by atoms with Crippen molar-refractivity contribution >= 4 is 23.9 Å². The molecule has 0 aromatic heterocycles. The predicted molar refractivity (Wildman–Crippen MR) is 82.2 cm³/mol. The number of esters is 3. The molecule has 0 unspecified atom stereocenters. The van der Waals surface area contributed by atoms with Gasteiger partial charge in [-0.25, -0.2) is 19.2 Å². The van der Waals surface area contributed by atoms with E-state index in [2.05, 4.69) is 24.5 Å². The molecule has 0 aliphatic rings. The van der Waals surface area contributed by atoms with Gasteiger partial charge in [-0.2, -0.15) is 0 Å². The van der Waals surface area contributed by atoms with E-state index in [0.717, 1.165) is 0 Å². The molecular weight excluding hydrogens is 320 g/mol. The summed E-state index contributed by atoms with van der Waals surface area (Å²) >= 11 is 0. The number of carbonyl (C=O) groups excluding carboxylic acids is 3. The molecule has 0 fully saturated rings. The second kappa shape index (κ2) is 9.09. The first-order chi connectivity index (χ1) is 11.0. The van der Waals surface area contributed by atoms with E-state index in [-0.39, 0.29) is 16.7 Å². The van der Waals surface area contributed by atoms with Gasteiger partial charge in [0.05, 0.1) is 0 Å². The van der Waals surface area contributed by atoms with E-state index >= 15 is 0 Å². The van der Waals surface area contributed by atoms with Crippen molar-refractivity contribution in [3.63, 3.8) is 0 Å². The van der Waals surface area contributed by atoms with Gasteiger partial charge in [0, 0.05) is 16.7 Å². The average Bonchev–Trinajstić information content (AvgIpc) is 2.45. The van der Waals surface area contributed by atoms with Crippen molar-refractivity contribution in [2.75, 3.05) is 6.61 Å². The van der Waals surface area contributed by atoms with Crippen molar-refractivity contribution in [1.29, 1.82) is 0 Å². The Morgan fingerprint density at radius 3 is 1.46 bits per heavy atom. The van der Waals surface area contributed by atoms with Crippen LogP contribution in [0.25, 0.3) is 0 Å². The molecule has 0 rings (SSSR count). The quantitative estimate of drug-likeness (QED) is 0.403. The summed E-state index contributed by atoms with van der Waals surface area (Å²) in [7, 11) is 0. The number of ether oxygens (including phenoxy) is 3. The van der Waals surface area contributed by atoms with Gasteiger partial charge >= 0.3 is 29.8 Å². The molecule has 0 aliphatic heterocycles. The fraction of sp³-hybridized carbons (Fsp3) is 0.250. The Bertz CT molecular complexity index is 621. The molecule has 24 heavy (non-hydrogen) atoms. The number of carboxylic acid groups (broad SMARTS) is 1. The second-order valence-electron chi connectivity index (χ2n) is 4.77. The summed E-state index contributed by atoms with van der Waals surface area (Å²) in [6.45, 7) is 13.1. The normalized spacial score (nSPS) is 9.29. The highest BCUT2D eigenvalue weighted by molar-refractivity contribution is 5.93. The van der Waals surface area contributed by atoms with Crippen LogP contribution in [0, 0.1) is 0 Å². The molecule has 0 bridgehead atoms. The zero-order chi connectivity index (χ0) is 19.0. The average molecular weight is 338 g/mol. The van der Waals surface area contributed by atoms with E-state index < -0.39 is 42.0 Å². The van der Waals surface area contributed by atoms with Crippen LogP contribution in [0.5, 0.6) is 0 Å². The first-order valence-electron chi connectivity index (χ1n) is 6.51. The van der Waals surface area contributed by atoms with Gasteiger partial charge in [0.2, 0.25) is 0 Å². The Morgan fingerprint density at radius 2 is 1.17 bits per heavy atom. The lowest BCUT2D eigenvalue weighted by Crippen LogP contribution is -2.21. The Hall–Kier alpha value is -3.16. The van der Waals surface area contributed by atoms with E-state index in [9.17, 15) is 24.3 Å². The van der Waals surface area contributed by atoms with Crippen LogP contribution >= 0.6 is 0 Å². The van der Waals surface area contributed by atoms with Crippen LogP contribution in [0.4, 0.5) is 0 Å². The van der Waals surface area contributed by atoms with Crippen LogP contribution in [0.2, 0.25) is 0 Å². The zero-order valence-corrected chi connectivity index (χ0v) is 13.6. The van der Waals surface area contributed by atoms with Gasteiger partial charge in [-0.1, -0.05) is 19.7 Å². The lowest BCUT2D eigenvalue weighted by atomic mass is 10.3. The lowest BCUT2D eigenvalue weighted by molar-refractivity contribution is -0.149. The van der Waals surface area contributed by atoms with Crippen molar-refractivity contribution in [3.05, 3.63) is 48.0 Å². The van der Waals surface area contributed by atoms with Gasteiger partial charge in [-0.05, 0) is 20.8 Å². The highest BCUT2D eigenvalue weighted by Crippen LogP contribution is 2.14. The molecule has 0 amide bonds. The lowest BCUT2D eigenvalue weighted by Gasteiger charge is -2.13. The van der Waals surface area contributed by atoms with Crippen molar-refractivity contribution in [3.8, 4) is 0 Å². The van der Waals surface area contributed by atoms with Crippen molar-refractivity contribution in [2.45, 2.75) is 20.8 Å². The maximum absolute atomic E-state index is 11.6. The number of hydrogen-bond acceptors (Lipinski definition) is 7.